The number of aryl methyl sites for hydroxylation is 1. The van der Waals surface area contributed by atoms with Gasteiger partial charge in [-0.1, -0.05) is 12.1 Å². The summed E-state index contributed by atoms with van der Waals surface area (Å²) in [5, 5.41) is 15.2. The number of aromatic nitrogens is 3. The highest BCUT2D eigenvalue weighted by molar-refractivity contribution is 5.33. The van der Waals surface area contributed by atoms with Gasteiger partial charge in [0.2, 0.25) is 0 Å². The van der Waals surface area contributed by atoms with E-state index in [0.29, 0.717) is 5.56 Å². The van der Waals surface area contributed by atoms with Crippen LogP contribution in [0.15, 0.2) is 29.1 Å². The van der Waals surface area contributed by atoms with E-state index in [-0.39, 0.29) is 11.7 Å². The first-order valence-electron chi connectivity index (χ1n) is 5.45. The third kappa shape index (κ3) is 1.46. The van der Waals surface area contributed by atoms with Crippen LogP contribution in [0, 0.1) is 11.3 Å². The van der Waals surface area contributed by atoms with Crippen molar-refractivity contribution in [3.05, 3.63) is 51.7 Å². The number of nitriles is 1. The molecule has 2 aromatic rings. The standard InChI is InChI=1S/C12H10N4O/c13-7-8-1-3-9(4-2-8)10-5-6-11-14-15-12(17)16(10)11/h1-4,10H,5-6H2,(H,15,17)/t10-/m1/s1. The molecule has 5 heteroatoms. The second-order valence-corrected chi connectivity index (χ2v) is 4.10. The molecule has 5 nitrogen and oxygen atoms in total. The smallest absolute Gasteiger partial charge is 0.271 e. The van der Waals surface area contributed by atoms with E-state index >= 15 is 0 Å². The van der Waals surface area contributed by atoms with Crippen molar-refractivity contribution < 1.29 is 0 Å². The first kappa shape index (κ1) is 9.85. The van der Waals surface area contributed by atoms with Crippen LogP contribution < -0.4 is 5.69 Å². The predicted octanol–water partition coefficient (Wildman–Crippen LogP) is 0.979. The minimum atomic E-state index is -0.160. The Labute approximate surface area is 97.3 Å². The number of H-pyrrole nitrogens is 1. The Morgan fingerprint density at radius 3 is 2.88 bits per heavy atom. The van der Waals surface area contributed by atoms with Crippen LogP contribution in [0.2, 0.25) is 0 Å². The van der Waals surface area contributed by atoms with Gasteiger partial charge in [0, 0.05) is 6.42 Å². The zero-order valence-electron chi connectivity index (χ0n) is 9.05. The zero-order valence-corrected chi connectivity index (χ0v) is 9.05. The van der Waals surface area contributed by atoms with Crippen molar-refractivity contribution in [3.8, 4) is 6.07 Å². The number of nitrogens with one attached hydrogen (secondary N) is 1. The number of benzene rings is 1. The molecule has 1 aliphatic heterocycles. The van der Waals surface area contributed by atoms with E-state index in [9.17, 15) is 4.79 Å². The topological polar surface area (TPSA) is 74.5 Å². The van der Waals surface area contributed by atoms with E-state index in [1.807, 2.05) is 12.1 Å². The fourth-order valence-corrected chi connectivity index (χ4v) is 2.33. The maximum Gasteiger partial charge on any atom is 0.343 e. The minimum absolute atomic E-state index is 0.0454. The van der Waals surface area contributed by atoms with Crippen molar-refractivity contribution in [2.75, 3.05) is 0 Å². The van der Waals surface area contributed by atoms with Crippen LogP contribution >= 0.6 is 0 Å². The lowest BCUT2D eigenvalue weighted by Crippen LogP contribution is -2.20. The molecule has 1 aromatic carbocycles. The molecular formula is C12H10N4O. The molecule has 2 heterocycles. The van der Waals surface area contributed by atoms with Crippen LogP contribution in [0.25, 0.3) is 0 Å². The molecule has 0 bridgehead atoms. The minimum Gasteiger partial charge on any atom is -0.271 e. The van der Waals surface area contributed by atoms with Gasteiger partial charge in [-0.05, 0) is 24.1 Å². The highest BCUT2D eigenvalue weighted by atomic mass is 16.1. The number of hydrogen-bond donors (Lipinski definition) is 1. The lowest BCUT2D eigenvalue weighted by Gasteiger charge is -2.11. The first-order chi connectivity index (χ1) is 8.29. The number of nitrogens with zero attached hydrogens (tertiary/aromatic N) is 3. The highest BCUT2D eigenvalue weighted by Gasteiger charge is 2.26. The summed E-state index contributed by atoms with van der Waals surface area (Å²) in [5.74, 6) is 0.810. The average Bonchev–Trinajstić information content (AvgIpc) is 2.93. The number of rotatable bonds is 1. The van der Waals surface area contributed by atoms with Crippen molar-refractivity contribution in [2.24, 2.45) is 0 Å². The third-order valence-electron chi connectivity index (χ3n) is 3.16. The van der Waals surface area contributed by atoms with Gasteiger partial charge in [0.1, 0.15) is 5.82 Å². The van der Waals surface area contributed by atoms with Crippen molar-refractivity contribution in [2.45, 2.75) is 18.9 Å². The monoisotopic (exact) mass is 226 g/mol. The summed E-state index contributed by atoms with van der Waals surface area (Å²) >= 11 is 0. The second kappa shape index (κ2) is 3.59. The zero-order chi connectivity index (χ0) is 11.8. The Bertz CT molecular complexity index is 644. The molecule has 0 aliphatic carbocycles. The van der Waals surface area contributed by atoms with Gasteiger partial charge in [0.25, 0.3) is 0 Å². The van der Waals surface area contributed by atoms with E-state index in [0.717, 1.165) is 24.2 Å². The SMILES string of the molecule is N#Cc1ccc([C@H]2CCc3n[nH]c(=O)n32)cc1. The van der Waals surface area contributed by atoms with Gasteiger partial charge in [-0.25, -0.2) is 9.89 Å². The van der Waals surface area contributed by atoms with E-state index in [1.54, 1.807) is 16.7 Å². The Morgan fingerprint density at radius 1 is 1.41 bits per heavy atom. The van der Waals surface area contributed by atoms with Gasteiger partial charge in [-0.3, -0.25) is 4.57 Å². The van der Waals surface area contributed by atoms with Crippen LogP contribution in [0.4, 0.5) is 0 Å². The van der Waals surface area contributed by atoms with Crippen LogP contribution in [-0.4, -0.2) is 14.8 Å². The largest absolute Gasteiger partial charge is 0.343 e. The molecule has 84 valence electrons. The van der Waals surface area contributed by atoms with E-state index in [1.165, 1.54) is 0 Å². The quantitative estimate of drug-likeness (QED) is 0.787. The maximum absolute atomic E-state index is 11.6. The fraction of sp³-hybridized carbons (Fsp3) is 0.250. The molecular weight excluding hydrogens is 216 g/mol. The summed E-state index contributed by atoms with van der Waals surface area (Å²) in [4.78, 5) is 11.6. The molecule has 0 fully saturated rings. The molecule has 0 spiro atoms. The predicted molar refractivity (Wildman–Crippen MR) is 60.5 cm³/mol. The van der Waals surface area contributed by atoms with Gasteiger partial charge < -0.3 is 0 Å². The first-order valence-corrected chi connectivity index (χ1v) is 5.45. The Morgan fingerprint density at radius 2 is 2.18 bits per heavy atom. The normalized spacial score (nSPS) is 17.7. The van der Waals surface area contributed by atoms with Gasteiger partial charge in [-0.15, -0.1) is 0 Å². The van der Waals surface area contributed by atoms with E-state index < -0.39 is 0 Å². The Kier molecular flexibility index (Phi) is 2.08. The molecule has 0 saturated heterocycles. The molecule has 1 aromatic heterocycles. The molecule has 1 N–H and O–H groups in total. The maximum atomic E-state index is 11.6. The summed E-state index contributed by atoms with van der Waals surface area (Å²) in [7, 11) is 0. The van der Waals surface area contributed by atoms with Gasteiger partial charge in [0.05, 0.1) is 17.7 Å². The molecule has 0 radical (unpaired) electrons. The van der Waals surface area contributed by atoms with E-state index in [4.69, 9.17) is 5.26 Å². The van der Waals surface area contributed by atoms with Crippen molar-refractivity contribution in [1.29, 1.82) is 5.26 Å². The van der Waals surface area contributed by atoms with Gasteiger partial charge in [-0.2, -0.15) is 10.4 Å². The summed E-state index contributed by atoms with van der Waals surface area (Å²) in [5.41, 5.74) is 1.52. The van der Waals surface area contributed by atoms with Crippen LogP contribution in [0.5, 0.6) is 0 Å². The van der Waals surface area contributed by atoms with Crippen molar-refractivity contribution in [3.63, 3.8) is 0 Å². The number of hydrogen-bond acceptors (Lipinski definition) is 3. The van der Waals surface area contributed by atoms with E-state index in [2.05, 4.69) is 16.3 Å². The third-order valence-corrected chi connectivity index (χ3v) is 3.16. The molecule has 1 aliphatic rings. The fourth-order valence-electron chi connectivity index (χ4n) is 2.33. The summed E-state index contributed by atoms with van der Waals surface area (Å²) < 4.78 is 1.70. The highest BCUT2D eigenvalue weighted by Crippen LogP contribution is 2.28. The van der Waals surface area contributed by atoms with Gasteiger partial charge in [0.15, 0.2) is 0 Å². The van der Waals surface area contributed by atoms with Gasteiger partial charge >= 0.3 is 5.69 Å². The summed E-state index contributed by atoms with van der Waals surface area (Å²) in [6, 6.07) is 9.48. The molecule has 0 unspecified atom stereocenters. The van der Waals surface area contributed by atoms with Crippen LogP contribution in [0.3, 0.4) is 0 Å². The Hall–Kier alpha value is -2.35. The molecule has 3 rings (SSSR count). The molecule has 0 amide bonds. The average molecular weight is 226 g/mol. The van der Waals surface area contributed by atoms with Crippen LogP contribution in [0.1, 0.15) is 29.4 Å². The lowest BCUT2D eigenvalue weighted by atomic mass is 10.0. The van der Waals surface area contributed by atoms with Crippen molar-refractivity contribution in [1.82, 2.24) is 14.8 Å². The molecule has 0 saturated carbocycles. The Balaban J connectivity index is 2.04. The molecule has 1 atom stereocenters. The lowest BCUT2D eigenvalue weighted by molar-refractivity contribution is 0.598. The molecule has 17 heavy (non-hydrogen) atoms. The number of aromatic amines is 1. The van der Waals surface area contributed by atoms with Crippen molar-refractivity contribution >= 4 is 0 Å². The number of fused-ring (bicyclic) bond motifs is 1. The summed E-state index contributed by atoms with van der Waals surface area (Å²) in [6.07, 6.45) is 1.70. The summed E-state index contributed by atoms with van der Waals surface area (Å²) in [6.45, 7) is 0. The second-order valence-electron chi connectivity index (χ2n) is 4.10. The van der Waals surface area contributed by atoms with Crippen LogP contribution in [-0.2, 0) is 6.42 Å².